The van der Waals surface area contributed by atoms with Gasteiger partial charge in [-0.15, -0.1) is 0 Å². The van der Waals surface area contributed by atoms with Crippen LogP contribution in [0, 0.1) is 5.92 Å². The Bertz CT molecular complexity index is 375. The lowest BCUT2D eigenvalue weighted by Crippen LogP contribution is -2.44. The molecule has 18 heavy (non-hydrogen) atoms. The number of carbonyl (C=O) groups is 1. The number of aromatic nitrogens is 1. The minimum absolute atomic E-state index is 0.147. The fraction of sp³-hybridized carbons (Fsp3) is 0.714. The first-order valence-corrected chi connectivity index (χ1v) is 6.87. The summed E-state index contributed by atoms with van der Waals surface area (Å²) in [6.07, 6.45) is 7.95. The minimum atomic E-state index is 0.147. The normalized spacial score (nSPS) is 23.9. The van der Waals surface area contributed by atoms with E-state index >= 15 is 0 Å². The van der Waals surface area contributed by atoms with Crippen molar-refractivity contribution in [3.05, 3.63) is 18.0 Å². The first-order valence-electron chi connectivity index (χ1n) is 6.87. The molecule has 1 aromatic rings. The monoisotopic (exact) mass is 250 g/mol. The predicted octanol–water partition coefficient (Wildman–Crippen LogP) is 2.64. The minimum Gasteiger partial charge on any atom is -0.364 e. The Morgan fingerprint density at radius 1 is 1.50 bits per heavy atom. The Labute approximate surface area is 108 Å². The van der Waals surface area contributed by atoms with Crippen molar-refractivity contribution in [3.8, 4) is 0 Å². The van der Waals surface area contributed by atoms with Crippen molar-refractivity contribution in [3.63, 3.8) is 0 Å². The molecule has 0 radical (unpaired) electrons. The molecular formula is C14H22N2O2. The van der Waals surface area contributed by atoms with Crippen LogP contribution in [0.1, 0.15) is 44.7 Å². The Kier molecular flexibility index (Phi) is 4.39. The quantitative estimate of drug-likeness (QED) is 0.825. The average Bonchev–Trinajstić information content (AvgIpc) is 2.90. The SMILES string of the molecule is CC[C@@H]1CCCC[C@H]1N(C)C(=O)Cc1ccon1. The molecule has 0 bridgehead atoms. The van der Waals surface area contributed by atoms with E-state index in [1.165, 1.54) is 25.5 Å². The molecule has 100 valence electrons. The maximum absolute atomic E-state index is 12.2. The van der Waals surface area contributed by atoms with Gasteiger partial charge in [0.25, 0.3) is 0 Å². The van der Waals surface area contributed by atoms with E-state index < -0.39 is 0 Å². The molecule has 0 N–H and O–H groups in total. The van der Waals surface area contributed by atoms with Crippen LogP contribution in [0.5, 0.6) is 0 Å². The number of amides is 1. The maximum Gasteiger partial charge on any atom is 0.228 e. The van der Waals surface area contributed by atoms with Crippen molar-refractivity contribution in [1.29, 1.82) is 0 Å². The van der Waals surface area contributed by atoms with Crippen LogP contribution in [0.3, 0.4) is 0 Å². The molecule has 0 unspecified atom stereocenters. The van der Waals surface area contributed by atoms with E-state index in [-0.39, 0.29) is 5.91 Å². The second kappa shape index (κ2) is 6.03. The Morgan fingerprint density at radius 3 is 2.94 bits per heavy atom. The van der Waals surface area contributed by atoms with Crippen LogP contribution < -0.4 is 0 Å². The van der Waals surface area contributed by atoms with E-state index in [0.717, 1.165) is 18.5 Å². The third-order valence-electron chi connectivity index (χ3n) is 4.11. The maximum atomic E-state index is 12.2. The molecule has 1 aliphatic carbocycles. The molecule has 1 aliphatic rings. The standard InChI is InChI=1S/C14H22N2O2/c1-3-11-6-4-5-7-13(11)16(2)14(17)10-12-8-9-18-15-12/h8-9,11,13H,3-7,10H2,1-2H3/t11-,13-/m1/s1. The number of carbonyl (C=O) groups excluding carboxylic acids is 1. The zero-order valence-corrected chi connectivity index (χ0v) is 11.3. The summed E-state index contributed by atoms with van der Waals surface area (Å²) in [6, 6.07) is 2.16. The smallest absolute Gasteiger partial charge is 0.228 e. The summed E-state index contributed by atoms with van der Waals surface area (Å²) in [7, 11) is 1.93. The van der Waals surface area contributed by atoms with Gasteiger partial charge >= 0.3 is 0 Å². The summed E-state index contributed by atoms with van der Waals surface area (Å²) >= 11 is 0. The van der Waals surface area contributed by atoms with Crippen molar-refractivity contribution < 1.29 is 9.32 Å². The predicted molar refractivity (Wildman–Crippen MR) is 69.0 cm³/mol. The highest BCUT2D eigenvalue weighted by Gasteiger charge is 2.29. The summed E-state index contributed by atoms with van der Waals surface area (Å²) in [5.41, 5.74) is 0.718. The highest BCUT2D eigenvalue weighted by atomic mass is 16.5. The molecule has 0 aromatic carbocycles. The largest absolute Gasteiger partial charge is 0.364 e. The highest BCUT2D eigenvalue weighted by Crippen LogP contribution is 2.30. The second-order valence-corrected chi connectivity index (χ2v) is 5.19. The van der Waals surface area contributed by atoms with E-state index in [4.69, 9.17) is 4.52 Å². The molecule has 1 heterocycles. The molecule has 0 aliphatic heterocycles. The molecule has 1 saturated carbocycles. The van der Waals surface area contributed by atoms with E-state index in [0.29, 0.717) is 18.4 Å². The van der Waals surface area contributed by atoms with Gasteiger partial charge in [-0.1, -0.05) is 31.3 Å². The van der Waals surface area contributed by atoms with E-state index in [1.54, 1.807) is 6.07 Å². The third kappa shape index (κ3) is 2.92. The van der Waals surface area contributed by atoms with Gasteiger partial charge in [0.2, 0.25) is 5.91 Å². The van der Waals surface area contributed by atoms with Gasteiger partial charge in [-0.05, 0) is 18.8 Å². The molecule has 2 atom stereocenters. The molecule has 2 rings (SSSR count). The van der Waals surface area contributed by atoms with Crippen molar-refractivity contribution in [2.75, 3.05) is 7.05 Å². The lowest BCUT2D eigenvalue weighted by Gasteiger charge is -2.37. The van der Waals surface area contributed by atoms with Crippen molar-refractivity contribution >= 4 is 5.91 Å². The number of nitrogens with zero attached hydrogens (tertiary/aromatic N) is 2. The van der Waals surface area contributed by atoms with Crippen LogP contribution in [0.4, 0.5) is 0 Å². The summed E-state index contributed by atoms with van der Waals surface area (Å²) in [5.74, 6) is 0.805. The van der Waals surface area contributed by atoms with Crippen LogP contribution in [0.25, 0.3) is 0 Å². The fourth-order valence-electron chi connectivity index (χ4n) is 2.97. The summed E-state index contributed by atoms with van der Waals surface area (Å²) < 4.78 is 4.76. The molecule has 1 aromatic heterocycles. The second-order valence-electron chi connectivity index (χ2n) is 5.19. The van der Waals surface area contributed by atoms with Crippen LogP contribution >= 0.6 is 0 Å². The number of likely N-dealkylation sites (N-methyl/N-ethyl adjacent to an activating group) is 1. The number of hydrogen-bond donors (Lipinski definition) is 0. The summed E-state index contributed by atoms with van der Waals surface area (Å²) in [4.78, 5) is 14.1. The van der Waals surface area contributed by atoms with Crippen LogP contribution in [-0.2, 0) is 11.2 Å². The molecule has 1 amide bonds. The lowest BCUT2D eigenvalue weighted by atomic mass is 9.82. The topological polar surface area (TPSA) is 46.3 Å². The highest BCUT2D eigenvalue weighted by molar-refractivity contribution is 5.78. The van der Waals surface area contributed by atoms with Crippen LogP contribution in [-0.4, -0.2) is 29.1 Å². The van der Waals surface area contributed by atoms with Crippen molar-refractivity contribution in [1.82, 2.24) is 10.1 Å². The first-order chi connectivity index (χ1) is 8.72. The van der Waals surface area contributed by atoms with Gasteiger partial charge in [-0.3, -0.25) is 4.79 Å². The molecule has 0 saturated heterocycles. The summed E-state index contributed by atoms with van der Waals surface area (Å²) in [6.45, 7) is 2.22. The molecular weight excluding hydrogens is 228 g/mol. The molecule has 4 nitrogen and oxygen atoms in total. The van der Waals surface area contributed by atoms with Crippen LogP contribution in [0.2, 0.25) is 0 Å². The third-order valence-corrected chi connectivity index (χ3v) is 4.11. The Morgan fingerprint density at radius 2 is 2.28 bits per heavy atom. The van der Waals surface area contributed by atoms with Gasteiger partial charge in [0.1, 0.15) is 6.26 Å². The molecule has 0 spiro atoms. The van der Waals surface area contributed by atoms with Gasteiger partial charge in [-0.25, -0.2) is 0 Å². The number of hydrogen-bond acceptors (Lipinski definition) is 3. The zero-order chi connectivity index (χ0) is 13.0. The fourth-order valence-corrected chi connectivity index (χ4v) is 2.97. The zero-order valence-electron chi connectivity index (χ0n) is 11.3. The van der Waals surface area contributed by atoms with Gasteiger partial charge in [0.05, 0.1) is 12.1 Å². The van der Waals surface area contributed by atoms with E-state index in [1.807, 2.05) is 11.9 Å². The average molecular weight is 250 g/mol. The first kappa shape index (κ1) is 13.1. The van der Waals surface area contributed by atoms with Crippen molar-refractivity contribution in [2.45, 2.75) is 51.5 Å². The van der Waals surface area contributed by atoms with Gasteiger partial charge in [-0.2, -0.15) is 0 Å². The van der Waals surface area contributed by atoms with Gasteiger partial charge < -0.3 is 9.42 Å². The Balaban J connectivity index is 1.96. The van der Waals surface area contributed by atoms with Crippen LogP contribution in [0.15, 0.2) is 16.9 Å². The van der Waals surface area contributed by atoms with E-state index in [2.05, 4.69) is 12.1 Å². The van der Waals surface area contributed by atoms with Crippen molar-refractivity contribution in [2.24, 2.45) is 5.92 Å². The van der Waals surface area contributed by atoms with E-state index in [9.17, 15) is 4.79 Å². The molecule has 1 fully saturated rings. The lowest BCUT2D eigenvalue weighted by molar-refractivity contribution is -0.133. The number of rotatable bonds is 4. The van der Waals surface area contributed by atoms with Gasteiger partial charge in [0.15, 0.2) is 0 Å². The summed E-state index contributed by atoms with van der Waals surface area (Å²) in [5, 5.41) is 3.80. The van der Waals surface area contributed by atoms with Gasteiger partial charge in [0, 0.05) is 19.2 Å². The Hall–Kier alpha value is -1.32. The molecule has 4 heteroatoms.